The normalized spacial score (nSPS) is 15.0. The van der Waals surface area contributed by atoms with Crippen LogP contribution in [0.3, 0.4) is 0 Å². The third-order valence-corrected chi connectivity index (χ3v) is 4.61. The molecule has 0 radical (unpaired) electrons. The van der Waals surface area contributed by atoms with Gasteiger partial charge >= 0.3 is 0 Å². The van der Waals surface area contributed by atoms with Gasteiger partial charge in [-0.25, -0.2) is 0 Å². The van der Waals surface area contributed by atoms with E-state index in [-0.39, 0.29) is 5.91 Å². The quantitative estimate of drug-likeness (QED) is 0.831. The Labute approximate surface area is 149 Å². The highest BCUT2D eigenvalue weighted by molar-refractivity contribution is 6.03. The van der Waals surface area contributed by atoms with Gasteiger partial charge in [0.1, 0.15) is 5.69 Å². The van der Waals surface area contributed by atoms with Gasteiger partial charge in [0.25, 0.3) is 5.91 Å². The Hall–Kier alpha value is -2.56. The molecule has 1 aromatic carbocycles. The molecule has 0 saturated carbocycles. The molecular weight excluding hydrogens is 312 g/mol. The van der Waals surface area contributed by atoms with Crippen molar-refractivity contribution in [2.24, 2.45) is 0 Å². The smallest absolute Gasteiger partial charge is 0.274 e. The standard InChI is InChI=1S/C20H26N4O/c1-3-15(2)22-17-10-11-21-19(14-17)20(25)23-16-6-8-18(9-7-16)24-12-4-5-13-24/h6-11,14-15H,3-5,12-13H2,1-2H3,(H,21,22)(H,23,25). The molecule has 0 bridgehead atoms. The van der Waals surface area contributed by atoms with Gasteiger partial charge in [-0.3, -0.25) is 9.78 Å². The monoisotopic (exact) mass is 338 g/mol. The number of amides is 1. The summed E-state index contributed by atoms with van der Waals surface area (Å²) in [5, 5.41) is 6.29. The van der Waals surface area contributed by atoms with Crippen molar-refractivity contribution in [2.75, 3.05) is 28.6 Å². The first-order valence-electron chi connectivity index (χ1n) is 9.04. The maximum absolute atomic E-state index is 12.5. The molecule has 1 aliphatic heterocycles. The van der Waals surface area contributed by atoms with Gasteiger partial charge in [0.15, 0.2) is 0 Å². The number of carbonyl (C=O) groups is 1. The molecule has 1 fully saturated rings. The third kappa shape index (κ3) is 4.50. The summed E-state index contributed by atoms with van der Waals surface area (Å²) >= 11 is 0. The van der Waals surface area contributed by atoms with Crippen molar-refractivity contribution in [1.29, 1.82) is 0 Å². The van der Waals surface area contributed by atoms with E-state index in [0.29, 0.717) is 11.7 Å². The van der Waals surface area contributed by atoms with Crippen LogP contribution in [0.25, 0.3) is 0 Å². The van der Waals surface area contributed by atoms with Crippen molar-refractivity contribution in [3.63, 3.8) is 0 Å². The average Bonchev–Trinajstić information content (AvgIpc) is 3.17. The number of hydrogen-bond acceptors (Lipinski definition) is 4. The minimum atomic E-state index is -0.193. The average molecular weight is 338 g/mol. The minimum absolute atomic E-state index is 0.193. The highest BCUT2D eigenvalue weighted by Crippen LogP contribution is 2.22. The number of carbonyl (C=O) groups excluding carboxylic acids is 1. The molecule has 3 rings (SSSR count). The summed E-state index contributed by atoms with van der Waals surface area (Å²) in [7, 11) is 0. The van der Waals surface area contributed by atoms with E-state index >= 15 is 0 Å². The number of nitrogens with zero attached hydrogens (tertiary/aromatic N) is 2. The topological polar surface area (TPSA) is 57.3 Å². The molecule has 1 atom stereocenters. The Bertz CT molecular complexity index is 708. The van der Waals surface area contributed by atoms with Crippen molar-refractivity contribution < 1.29 is 4.79 Å². The Morgan fingerprint density at radius 1 is 1.16 bits per heavy atom. The molecule has 5 nitrogen and oxygen atoms in total. The maximum atomic E-state index is 12.5. The second kappa shape index (κ2) is 8.01. The van der Waals surface area contributed by atoms with E-state index in [1.807, 2.05) is 18.2 Å². The van der Waals surface area contributed by atoms with Crippen molar-refractivity contribution in [3.05, 3.63) is 48.3 Å². The van der Waals surface area contributed by atoms with Crippen LogP contribution in [0, 0.1) is 0 Å². The summed E-state index contributed by atoms with van der Waals surface area (Å²) in [5.41, 5.74) is 3.33. The zero-order chi connectivity index (χ0) is 17.6. The van der Waals surface area contributed by atoms with Crippen LogP contribution in [0.4, 0.5) is 17.1 Å². The first-order chi connectivity index (χ1) is 12.2. The predicted molar refractivity (Wildman–Crippen MR) is 103 cm³/mol. The predicted octanol–water partition coefficient (Wildman–Crippen LogP) is 4.14. The minimum Gasteiger partial charge on any atom is -0.382 e. The van der Waals surface area contributed by atoms with Crippen molar-refractivity contribution in [2.45, 2.75) is 39.2 Å². The van der Waals surface area contributed by atoms with Crippen LogP contribution in [0.15, 0.2) is 42.6 Å². The summed E-state index contributed by atoms with van der Waals surface area (Å²) in [6, 6.07) is 12.1. The van der Waals surface area contributed by atoms with E-state index in [1.165, 1.54) is 18.5 Å². The molecule has 132 valence electrons. The van der Waals surface area contributed by atoms with E-state index in [1.54, 1.807) is 12.3 Å². The Balaban J connectivity index is 1.64. The number of benzene rings is 1. The van der Waals surface area contributed by atoms with Gasteiger partial charge in [0.05, 0.1) is 0 Å². The van der Waals surface area contributed by atoms with Gasteiger partial charge < -0.3 is 15.5 Å². The molecule has 1 aromatic heterocycles. The lowest BCUT2D eigenvalue weighted by atomic mass is 10.2. The lowest BCUT2D eigenvalue weighted by Gasteiger charge is -2.17. The molecule has 5 heteroatoms. The van der Waals surface area contributed by atoms with Crippen molar-refractivity contribution >= 4 is 23.0 Å². The summed E-state index contributed by atoms with van der Waals surface area (Å²) in [4.78, 5) is 19.0. The van der Waals surface area contributed by atoms with E-state index < -0.39 is 0 Å². The summed E-state index contributed by atoms with van der Waals surface area (Å²) in [5.74, 6) is -0.193. The molecule has 25 heavy (non-hydrogen) atoms. The second-order valence-electron chi connectivity index (χ2n) is 6.58. The first-order valence-corrected chi connectivity index (χ1v) is 9.04. The van der Waals surface area contributed by atoms with Crippen LogP contribution in [0.2, 0.25) is 0 Å². The van der Waals surface area contributed by atoms with Gasteiger partial charge in [-0.2, -0.15) is 0 Å². The van der Waals surface area contributed by atoms with Crippen LogP contribution in [-0.4, -0.2) is 30.0 Å². The molecule has 2 aromatic rings. The maximum Gasteiger partial charge on any atom is 0.274 e. The van der Waals surface area contributed by atoms with Crippen LogP contribution in [-0.2, 0) is 0 Å². The zero-order valence-electron chi connectivity index (χ0n) is 15.0. The van der Waals surface area contributed by atoms with E-state index in [9.17, 15) is 4.79 Å². The number of nitrogens with one attached hydrogen (secondary N) is 2. The number of pyridine rings is 1. The lowest BCUT2D eigenvalue weighted by Crippen LogP contribution is -2.18. The molecule has 1 aliphatic rings. The van der Waals surface area contributed by atoms with Crippen molar-refractivity contribution in [1.82, 2.24) is 4.98 Å². The summed E-state index contributed by atoms with van der Waals surface area (Å²) in [6.07, 6.45) is 5.19. The van der Waals surface area contributed by atoms with Gasteiger partial charge in [0.2, 0.25) is 0 Å². The number of rotatable bonds is 6. The van der Waals surface area contributed by atoms with Crippen LogP contribution >= 0.6 is 0 Å². The molecule has 1 amide bonds. The van der Waals surface area contributed by atoms with Crippen molar-refractivity contribution in [3.8, 4) is 0 Å². The largest absolute Gasteiger partial charge is 0.382 e. The molecular formula is C20H26N4O. The molecule has 2 N–H and O–H groups in total. The Kier molecular flexibility index (Phi) is 5.53. The fraction of sp³-hybridized carbons (Fsp3) is 0.400. The highest BCUT2D eigenvalue weighted by atomic mass is 16.1. The fourth-order valence-electron chi connectivity index (χ4n) is 2.96. The molecule has 1 saturated heterocycles. The number of hydrogen-bond donors (Lipinski definition) is 2. The van der Waals surface area contributed by atoms with Gasteiger partial charge in [0, 0.05) is 42.4 Å². The summed E-state index contributed by atoms with van der Waals surface area (Å²) < 4.78 is 0. The Morgan fingerprint density at radius 3 is 2.56 bits per heavy atom. The first kappa shape index (κ1) is 17.3. The molecule has 1 unspecified atom stereocenters. The Morgan fingerprint density at radius 2 is 1.88 bits per heavy atom. The SMILES string of the molecule is CCC(C)Nc1ccnc(C(=O)Nc2ccc(N3CCCC3)cc2)c1. The summed E-state index contributed by atoms with van der Waals surface area (Å²) in [6.45, 7) is 6.47. The molecule has 0 aliphatic carbocycles. The van der Waals surface area contributed by atoms with Crippen LogP contribution in [0.5, 0.6) is 0 Å². The third-order valence-electron chi connectivity index (χ3n) is 4.61. The van der Waals surface area contributed by atoms with Gasteiger partial charge in [-0.15, -0.1) is 0 Å². The second-order valence-corrected chi connectivity index (χ2v) is 6.58. The van der Waals surface area contributed by atoms with Gasteiger partial charge in [-0.05, 0) is 62.6 Å². The zero-order valence-corrected chi connectivity index (χ0v) is 15.0. The molecule has 0 spiro atoms. The fourth-order valence-corrected chi connectivity index (χ4v) is 2.96. The van der Waals surface area contributed by atoms with E-state index in [2.05, 4.69) is 46.5 Å². The van der Waals surface area contributed by atoms with Crippen LogP contribution in [0.1, 0.15) is 43.6 Å². The highest BCUT2D eigenvalue weighted by Gasteiger charge is 2.13. The van der Waals surface area contributed by atoms with Crippen LogP contribution < -0.4 is 15.5 Å². The molecule has 2 heterocycles. The number of anilines is 3. The van der Waals surface area contributed by atoms with Gasteiger partial charge in [-0.1, -0.05) is 6.92 Å². The number of aromatic nitrogens is 1. The van der Waals surface area contributed by atoms with E-state index in [0.717, 1.165) is 30.9 Å². The van der Waals surface area contributed by atoms with E-state index in [4.69, 9.17) is 0 Å². The lowest BCUT2D eigenvalue weighted by molar-refractivity contribution is 0.102.